The number of H-pyrrole nitrogens is 1. The van der Waals surface area contributed by atoms with Gasteiger partial charge in [-0.2, -0.15) is 5.10 Å². The molecule has 3 heterocycles. The smallest absolute Gasteiger partial charge is 0.274 e. The summed E-state index contributed by atoms with van der Waals surface area (Å²) in [6.45, 7) is 3.58. The molecular formula is C18H21N5O. The zero-order valence-corrected chi connectivity index (χ0v) is 14.0. The highest BCUT2D eigenvalue weighted by Gasteiger charge is 2.27. The number of hydrogen-bond acceptors (Lipinski definition) is 3. The van der Waals surface area contributed by atoms with Gasteiger partial charge in [-0.05, 0) is 37.5 Å². The molecular weight excluding hydrogens is 302 g/mol. The molecule has 24 heavy (non-hydrogen) atoms. The molecule has 0 bridgehead atoms. The van der Waals surface area contributed by atoms with Crippen LogP contribution in [0.4, 0.5) is 0 Å². The third-order valence-electron chi connectivity index (χ3n) is 4.83. The highest BCUT2D eigenvalue weighted by Crippen LogP contribution is 2.29. The summed E-state index contributed by atoms with van der Waals surface area (Å²) in [5, 5.41) is 4.21. The summed E-state index contributed by atoms with van der Waals surface area (Å²) in [5.41, 5.74) is 3.87. The SMILES string of the molecule is Cc1cccc2[nH]c(C3CCN(C(=O)c4ccn(C)n4)CC3)nc12. The highest BCUT2D eigenvalue weighted by atomic mass is 16.2. The maximum atomic E-state index is 12.5. The topological polar surface area (TPSA) is 66.8 Å². The summed E-state index contributed by atoms with van der Waals surface area (Å²) >= 11 is 0. The summed E-state index contributed by atoms with van der Waals surface area (Å²) in [7, 11) is 1.83. The van der Waals surface area contributed by atoms with E-state index in [2.05, 4.69) is 29.1 Å². The Labute approximate surface area is 140 Å². The third-order valence-corrected chi connectivity index (χ3v) is 4.83. The van der Waals surface area contributed by atoms with Gasteiger partial charge in [-0.1, -0.05) is 12.1 Å². The van der Waals surface area contributed by atoms with Crippen LogP contribution in [0.25, 0.3) is 11.0 Å². The molecule has 1 fully saturated rings. The molecule has 1 amide bonds. The summed E-state index contributed by atoms with van der Waals surface area (Å²) in [6, 6.07) is 7.98. The zero-order chi connectivity index (χ0) is 16.7. The first kappa shape index (κ1) is 14.9. The van der Waals surface area contributed by atoms with Crippen LogP contribution in [0, 0.1) is 6.92 Å². The van der Waals surface area contributed by atoms with Gasteiger partial charge in [-0.25, -0.2) is 4.98 Å². The normalized spacial score (nSPS) is 16.0. The van der Waals surface area contributed by atoms with Crippen molar-refractivity contribution in [3.05, 3.63) is 47.5 Å². The van der Waals surface area contributed by atoms with Crippen molar-refractivity contribution in [2.45, 2.75) is 25.7 Å². The molecule has 0 unspecified atom stereocenters. The van der Waals surface area contributed by atoms with E-state index >= 15 is 0 Å². The van der Waals surface area contributed by atoms with Crippen LogP contribution < -0.4 is 0 Å². The number of aromatic amines is 1. The summed E-state index contributed by atoms with van der Waals surface area (Å²) in [4.78, 5) is 22.6. The molecule has 1 aliphatic heterocycles. The standard InChI is InChI=1S/C18H21N5O/c1-12-4-3-5-14-16(12)20-17(19-14)13-6-10-23(11-7-13)18(24)15-8-9-22(2)21-15/h3-5,8-9,13H,6-7,10-11H2,1-2H3,(H,19,20). The van der Waals surface area contributed by atoms with Crippen molar-refractivity contribution in [2.24, 2.45) is 7.05 Å². The van der Waals surface area contributed by atoms with E-state index in [9.17, 15) is 4.79 Å². The number of hydrogen-bond donors (Lipinski definition) is 1. The van der Waals surface area contributed by atoms with Crippen molar-refractivity contribution >= 4 is 16.9 Å². The largest absolute Gasteiger partial charge is 0.342 e. The number of benzene rings is 1. The van der Waals surface area contributed by atoms with Crippen molar-refractivity contribution in [1.29, 1.82) is 0 Å². The summed E-state index contributed by atoms with van der Waals surface area (Å²) in [6.07, 6.45) is 3.66. The second kappa shape index (κ2) is 5.78. The molecule has 0 aliphatic carbocycles. The van der Waals surface area contributed by atoms with Crippen molar-refractivity contribution in [1.82, 2.24) is 24.6 Å². The van der Waals surface area contributed by atoms with E-state index in [1.54, 1.807) is 16.9 Å². The second-order valence-electron chi connectivity index (χ2n) is 6.53. The van der Waals surface area contributed by atoms with Crippen LogP contribution in [0.3, 0.4) is 0 Å². The number of nitrogens with zero attached hydrogens (tertiary/aromatic N) is 4. The molecule has 124 valence electrons. The first-order valence-corrected chi connectivity index (χ1v) is 8.36. The van der Waals surface area contributed by atoms with Crippen molar-refractivity contribution in [2.75, 3.05) is 13.1 Å². The number of amides is 1. The van der Waals surface area contributed by atoms with E-state index in [1.807, 2.05) is 18.0 Å². The number of piperidine rings is 1. The van der Waals surface area contributed by atoms with Gasteiger partial charge in [0.25, 0.3) is 5.91 Å². The Hall–Kier alpha value is -2.63. The van der Waals surface area contributed by atoms with E-state index in [0.717, 1.165) is 42.8 Å². The van der Waals surface area contributed by atoms with Crippen LogP contribution in [0.5, 0.6) is 0 Å². The fraction of sp³-hybridized carbons (Fsp3) is 0.389. The van der Waals surface area contributed by atoms with Gasteiger partial charge >= 0.3 is 0 Å². The fourth-order valence-electron chi connectivity index (χ4n) is 3.44. The summed E-state index contributed by atoms with van der Waals surface area (Å²) in [5.74, 6) is 1.45. The molecule has 0 spiro atoms. The van der Waals surface area contributed by atoms with Crippen LogP contribution in [0.15, 0.2) is 30.5 Å². The minimum atomic E-state index is 0.0227. The lowest BCUT2D eigenvalue weighted by Gasteiger charge is -2.30. The molecule has 1 aromatic carbocycles. The second-order valence-corrected chi connectivity index (χ2v) is 6.53. The lowest BCUT2D eigenvalue weighted by molar-refractivity contribution is 0.0704. The van der Waals surface area contributed by atoms with E-state index in [4.69, 9.17) is 4.98 Å². The molecule has 0 saturated carbocycles. The van der Waals surface area contributed by atoms with Crippen molar-refractivity contribution in [3.8, 4) is 0 Å². The number of nitrogens with one attached hydrogen (secondary N) is 1. The zero-order valence-electron chi connectivity index (χ0n) is 14.0. The first-order valence-electron chi connectivity index (χ1n) is 8.36. The Kier molecular flexibility index (Phi) is 3.59. The van der Waals surface area contributed by atoms with Crippen LogP contribution in [0.2, 0.25) is 0 Å². The predicted molar refractivity (Wildman–Crippen MR) is 91.9 cm³/mol. The van der Waals surface area contributed by atoms with Crippen LogP contribution in [-0.4, -0.2) is 43.6 Å². The number of carbonyl (C=O) groups is 1. The van der Waals surface area contributed by atoms with Gasteiger partial charge < -0.3 is 9.88 Å². The lowest BCUT2D eigenvalue weighted by Crippen LogP contribution is -2.38. The molecule has 6 nitrogen and oxygen atoms in total. The monoisotopic (exact) mass is 323 g/mol. The van der Waals surface area contributed by atoms with E-state index in [0.29, 0.717) is 11.6 Å². The van der Waals surface area contributed by atoms with E-state index in [1.165, 1.54) is 5.56 Å². The average Bonchev–Trinajstić information content (AvgIpc) is 3.21. The van der Waals surface area contributed by atoms with Gasteiger partial charge in [-0.3, -0.25) is 9.48 Å². The molecule has 4 rings (SSSR count). The van der Waals surface area contributed by atoms with Crippen molar-refractivity contribution < 1.29 is 4.79 Å². The quantitative estimate of drug-likeness (QED) is 0.788. The molecule has 6 heteroatoms. The number of imidazole rings is 1. The Balaban J connectivity index is 1.47. The number of fused-ring (bicyclic) bond motifs is 1. The van der Waals surface area contributed by atoms with Gasteiger partial charge in [0.1, 0.15) is 11.5 Å². The maximum absolute atomic E-state index is 12.5. The molecule has 1 saturated heterocycles. The van der Waals surface area contributed by atoms with E-state index in [-0.39, 0.29) is 5.91 Å². The lowest BCUT2D eigenvalue weighted by atomic mass is 9.96. The molecule has 1 aliphatic rings. The first-order chi connectivity index (χ1) is 11.6. The van der Waals surface area contributed by atoms with Crippen molar-refractivity contribution in [3.63, 3.8) is 0 Å². The van der Waals surface area contributed by atoms with Gasteiger partial charge in [0.05, 0.1) is 11.0 Å². The van der Waals surface area contributed by atoms with Crippen LogP contribution in [-0.2, 0) is 7.05 Å². The Morgan fingerprint density at radius 3 is 2.71 bits per heavy atom. The molecule has 0 atom stereocenters. The Bertz CT molecular complexity index is 886. The number of aromatic nitrogens is 4. The Morgan fingerprint density at radius 2 is 2.04 bits per heavy atom. The number of para-hydroxylation sites is 1. The third kappa shape index (κ3) is 2.58. The number of rotatable bonds is 2. The Morgan fingerprint density at radius 1 is 1.25 bits per heavy atom. The fourth-order valence-corrected chi connectivity index (χ4v) is 3.44. The average molecular weight is 323 g/mol. The van der Waals surface area contributed by atoms with Gasteiger partial charge in [0.15, 0.2) is 0 Å². The number of aryl methyl sites for hydroxylation is 2. The van der Waals surface area contributed by atoms with E-state index < -0.39 is 0 Å². The molecule has 0 radical (unpaired) electrons. The number of carbonyl (C=O) groups excluding carboxylic acids is 1. The predicted octanol–water partition coefficient (Wildman–Crippen LogP) is 2.62. The van der Waals surface area contributed by atoms with Gasteiger partial charge in [0.2, 0.25) is 0 Å². The van der Waals surface area contributed by atoms with Crippen LogP contribution in [0.1, 0.15) is 40.6 Å². The maximum Gasteiger partial charge on any atom is 0.274 e. The van der Waals surface area contributed by atoms with Gasteiger partial charge in [-0.15, -0.1) is 0 Å². The van der Waals surface area contributed by atoms with Gasteiger partial charge in [0, 0.05) is 32.3 Å². The molecule has 3 aromatic rings. The minimum absolute atomic E-state index is 0.0227. The highest BCUT2D eigenvalue weighted by molar-refractivity contribution is 5.92. The molecule has 2 aromatic heterocycles. The summed E-state index contributed by atoms with van der Waals surface area (Å²) < 4.78 is 1.66. The number of likely N-dealkylation sites (tertiary alicyclic amines) is 1. The minimum Gasteiger partial charge on any atom is -0.342 e. The van der Waals surface area contributed by atoms with Crippen LogP contribution >= 0.6 is 0 Å². The molecule has 1 N–H and O–H groups in total.